The van der Waals surface area contributed by atoms with Gasteiger partial charge in [0.2, 0.25) is 5.89 Å². The van der Waals surface area contributed by atoms with Crippen LogP contribution in [0.25, 0.3) is 10.9 Å². The van der Waals surface area contributed by atoms with Crippen LogP contribution in [0, 0.1) is 5.92 Å². The van der Waals surface area contributed by atoms with Crippen molar-refractivity contribution in [2.24, 2.45) is 5.92 Å². The second-order valence-electron chi connectivity index (χ2n) is 7.92. The van der Waals surface area contributed by atoms with Crippen molar-refractivity contribution in [1.29, 1.82) is 0 Å². The Morgan fingerprint density at radius 1 is 1.26 bits per heavy atom. The van der Waals surface area contributed by atoms with E-state index in [1.54, 1.807) is 22.8 Å². The quantitative estimate of drug-likeness (QED) is 0.452. The normalized spacial score (nSPS) is 12.3. The van der Waals surface area contributed by atoms with E-state index in [1.807, 2.05) is 20.8 Å². The number of aromatic nitrogens is 4. The molecule has 0 saturated heterocycles. The third-order valence-corrected chi connectivity index (χ3v) is 5.08. The average molecular weight is 407 g/mol. The molecule has 2 aromatic heterocycles. The Hall–Kier alpha value is -1.86. The van der Waals surface area contributed by atoms with Crippen LogP contribution in [0.2, 0.25) is 5.02 Å². The highest BCUT2D eigenvalue weighted by atomic mass is 35.5. The minimum Gasteiger partial charge on any atom is -0.339 e. The molecule has 0 saturated carbocycles. The first-order valence-corrected chi connectivity index (χ1v) is 10.2. The van der Waals surface area contributed by atoms with E-state index >= 15 is 0 Å². The molecule has 0 aliphatic carbocycles. The summed E-state index contributed by atoms with van der Waals surface area (Å²) >= 11 is 7.49. The monoisotopic (exact) mass is 406 g/mol. The van der Waals surface area contributed by atoms with Crippen molar-refractivity contribution in [3.8, 4) is 0 Å². The third-order valence-electron chi connectivity index (χ3n) is 3.87. The van der Waals surface area contributed by atoms with Crippen LogP contribution in [0.15, 0.2) is 32.7 Å². The van der Waals surface area contributed by atoms with Crippen LogP contribution < -0.4 is 5.56 Å². The first kappa shape index (κ1) is 19.9. The van der Waals surface area contributed by atoms with Gasteiger partial charge in [-0.25, -0.2) is 4.98 Å². The second kappa shape index (κ2) is 7.64. The van der Waals surface area contributed by atoms with Crippen molar-refractivity contribution in [3.05, 3.63) is 45.3 Å². The van der Waals surface area contributed by atoms with Crippen LogP contribution in [0.1, 0.15) is 46.3 Å². The Labute approximate surface area is 167 Å². The molecular weight excluding hydrogens is 384 g/mol. The summed E-state index contributed by atoms with van der Waals surface area (Å²) in [6.07, 6.45) is 0. The minimum absolute atomic E-state index is 0.0813. The summed E-state index contributed by atoms with van der Waals surface area (Å²) < 4.78 is 7.05. The number of thioether (sulfide) groups is 1. The van der Waals surface area contributed by atoms with Gasteiger partial charge in [0.25, 0.3) is 5.56 Å². The van der Waals surface area contributed by atoms with Crippen molar-refractivity contribution in [2.75, 3.05) is 0 Å². The number of halogens is 1. The Balaban J connectivity index is 1.96. The summed E-state index contributed by atoms with van der Waals surface area (Å²) in [5.41, 5.74) is 0.355. The lowest BCUT2D eigenvalue weighted by atomic mass is 9.97. The summed E-state index contributed by atoms with van der Waals surface area (Å²) in [6.45, 7) is 10.8. The van der Waals surface area contributed by atoms with Crippen molar-refractivity contribution < 1.29 is 4.52 Å². The molecule has 0 atom stereocenters. The van der Waals surface area contributed by atoms with Crippen molar-refractivity contribution >= 4 is 34.3 Å². The van der Waals surface area contributed by atoms with E-state index in [0.29, 0.717) is 51.0 Å². The fourth-order valence-electron chi connectivity index (χ4n) is 2.56. The predicted octanol–water partition coefficient (Wildman–Crippen LogP) is 4.68. The van der Waals surface area contributed by atoms with Crippen LogP contribution in [0.3, 0.4) is 0 Å². The van der Waals surface area contributed by atoms with Gasteiger partial charge >= 0.3 is 0 Å². The maximum absolute atomic E-state index is 13.0. The highest BCUT2D eigenvalue weighted by molar-refractivity contribution is 7.98. The van der Waals surface area contributed by atoms with Crippen molar-refractivity contribution in [3.63, 3.8) is 0 Å². The highest BCUT2D eigenvalue weighted by Crippen LogP contribution is 2.25. The average Bonchev–Trinajstić information content (AvgIpc) is 3.05. The van der Waals surface area contributed by atoms with E-state index in [2.05, 4.69) is 29.0 Å². The second-order valence-corrected chi connectivity index (χ2v) is 9.30. The molecule has 0 unspecified atom stereocenters. The van der Waals surface area contributed by atoms with Gasteiger partial charge in [0.1, 0.15) is 0 Å². The first-order valence-electron chi connectivity index (χ1n) is 8.81. The smallest absolute Gasteiger partial charge is 0.262 e. The van der Waals surface area contributed by atoms with Gasteiger partial charge in [-0.15, -0.1) is 0 Å². The molecule has 3 rings (SSSR count). The summed E-state index contributed by atoms with van der Waals surface area (Å²) in [7, 11) is 0. The van der Waals surface area contributed by atoms with E-state index in [0.717, 1.165) is 0 Å². The maximum atomic E-state index is 13.0. The SMILES string of the molecule is CC(C)Cn1c(SCc2noc(C(C)(C)C)n2)nc2ccc(Cl)cc2c1=O. The highest BCUT2D eigenvalue weighted by Gasteiger charge is 2.22. The van der Waals surface area contributed by atoms with E-state index in [9.17, 15) is 4.79 Å². The molecule has 0 N–H and O–H groups in total. The first-order chi connectivity index (χ1) is 12.6. The molecule has 8 heteroatoms. The predicted molar refractivity (Wildman–Crippen MR) is 108 cm³/mol. The van der Waals surface area contributed by atoms with Gasteiger partial charge < -0.3 is 4.52 Å². The number of rotatable bonds is 5. The molecule has 0 spiro atoms. The molecule has 6 nitrogen and oxygen atoms in total. The molecule has 1 aromatic carbocycles. The van der Waals surface area contributed by atoms with Crippen LogP contribution >= 0.6 is 23.4 Å². The fraction of sp³-hybridized carbons (Fsp3) is 0.474. The molecule has 0 aliphatic heterocycles. The molecule has 0 aliphatic rings. The molecule has 0 bridgehead atoms. The van der Waals surface area contributed by atoms with Gasteiger partial charge in [0, 0.05) is 17.0 Å². The number of benzene rings is 1. The standard InChI is InChI=1S/C19H23ClN4O2S/c1-11(2)9-24-16(25)13-8-12(20)6-7-14(13)21-18(24)27-10-15-22-17(26-23-15)19(3,4)5/h6-8,11H,9-10H2,1-5H3. The van der Waals surface area contributed by atoms with Gasteiger partial charge in [-0.1, -0.05) is 63.1 Å². The third kappa shape index (κ3) is 4.52. The molecule has 144 valence electrons. The van der Waals surface area contributed by atoms with E-state index in [-0.39, 0.29) is 11.0 Å². The van der Waals surface area contributed by atoms with Gasteiger partial charge in [-0.3, -0.25) is 9.36 Å². The number of nitrogens with zero attached hydrogens (tertiary/aromatic N) is 4. The summed E-state index contributed by atoms with van der Waals surface area (Å²) in [6, 6.07) is 5.19. The molecule has 0 amide bonds. The zero-order valence-corrected chi connectivity index (χ0v) is 17.7. The molecule has 0 fully saturated rings. The fourth-order valence-corrected chi connectivity index (χ4v) is 3.58. The van der Waals surface area contributed by atoms with Crippen LogP contribution in [0.5, 0.6) is 0 Å². The number of fused-ring (bicyclic) bond motifs is 1. The minimum atomic E-state index is -0.198. The van der Waals surface area contributed by atoms with E-state index < -0.39 is 0 Å². The topological polar surface area (TPSA) is 73.8 Å². The van der Waals surface area contributed by atoms with Crippen LogP contribution in [-0.2, 0) is 17.7 Å². The Bertz CT molecular complexity index is 1020. The molecule has 27 heavy (non-hydrogen) atoms. The maximum Gasteiger partial charge on any atom is 0.262 e. The molecular formula is C19H23ClN4O2S. The molecule has 2 heterocycles. The molecule has 0 radical (unpaired) electrons. The summed E-state index contributed by atoms with van der Waals surface area (Å²) in [5, 5.41) is 5.75. The van der Waals surface area contributed by atoms with Gasteiger partial charge in [-0.05, 0) is 24.1 Å². The van der Waals surface area contributed by atoms with Gasteiger partial charge in [0.05, 0.1) is 16.7 Å². The van der Waals surface area contributed by atoms with Crippen molar-refractivity contribution in [2.45, 2.75) is 57.5 Å². The largest absolute Gasteiger partial charge is 0.339 e. The van der Waals surface area contributed by atoms with Crippen LogP contribution in [-0.4, -0.2) is 19.7 Å². The van der Waals surface area contributed by atoms with Crippen LogP contribution in [0.4, 0.5) is 0 Å². The summed E-state index contributed by atoms with van der Waals surface area (Å²) in [4.78, 5) is 22.1. The zero-order valence-electron chi connectivity index (χ0n) is 16.1. The Kier molecular flexibility index (Phi) is 5.63. The number of hydrogen-bond acceptors (Lipinski definition) is 6. The summed E-state index contributed by atoms with van der Waals surface area (Å²) in [5.74, 6) is 1.96. The lowest BCUT2D eigenvalue weighted by Gasteiger charge is -2.14. The molecule has 3 aromatic rings. The van der Waals surface area contributed by atoms with Crippen molar-refractivity contribution in [1.82, 2.24) is 19.7 Å². The van der Waals surface area contributed by atoms with E-state index in [1.165, 1.54) is 11.8 Å². The van der Waals surface area contributed by atoms with E-state index in [4.69, 9.17) is 16.1 Å². The zero-order chi connectivity index (χ0) is 19.8. The van der Waals surface area contributed by atoms with Gasteiger partial charge in [-0.2, -0.15) is 4.98 Å². The Morgan fingerprint density at radius 3 is 2.63 bits per heavy atom. The lowest BCUT2D eigenvalue weighted by molar-refractivity contribution is 0.319. The Morgan fingerprint density at radius 2 is 2.00 bits per heavy atom. The van der Waals surface area contributed by atoms with Gasteiger partial charge in [0.15, 0.2) is 11.0 Å². The lowest BCUT2D eigenvalue weighted by Crippen LogP contribution is -2.25. The number of hydrogen-bond donors (Lipinski definition) is 0.